The lowest BCUT2D eigenvalue weighted by Crippen LogP contribution is -2.21. The van der Waals surface area contributed by atoms with Crippen LogP contribution in [0.15, 0.2) is 75.7 Å². The fourth-order valence-electron chi connectivity index (χ4n) is 5.11. The first-order chi connectivity index (χ1) is 19.4. The van der Waals surface area contributed by atoms with Gasteiger partial charge in [-0.15, -0.1) is 10.2 Å². The third kappa shape index (κ3) is 5.89. The highest BCUT2D eigenvalue weighted by Crippen LogP contribution is 2.38. The predicted molar refractivity (Wildman–Crippen MR) is 155 cm³/mol. The van der Waals surface area contributed by atoms with Gasteiger partial charge in [-0.1, -0.05) is 36.8 Å². The molecule has 6 rings (SSSR count). The van der Waals surface area contributed by atoms with Crippen LogP contribution >= 0.6 is 0 Å². The largest absolute Gasteiger partial charge is 0.505 e. The topological polar surface area (TPSA) is 132 Å². The summed E-state index contributed by atoms with van der Waals surface area (Å²) in [6.45, 7) is 4.24. The van der Waals surface area contributed by atoms with E-state index in [1.54, 1.807) is 37.3 Å². The Bertz CT molecular complexity index is 1600. The van der Waals surface area contributed by atoms with E-state index in [1.807, 2.05) is 12.1 Å². The zero-order valence-corrected chi connectivity index (χ0v) is 22.5. The van der Waals surface area contributed by atoms with Gasteiger partial charge in [0.05, 0.1) is 16.9 Å². The summed E-state index contributed by atoms with van der Waals surface area (Å²) in [5.41, 5.74) is 4.94. The van der Waals surface area contributed by atoms with E-state index >= 15 is 0 Å². The number of azo groups is 1. The molecule has 4 aromatic rings. The monoisotopic (exact) mass is 539 g/mol. The van der Waals surface area contributed by atoms with Crippen LogP contribution in [0.3, 0.4) is 0 Å². The second kappa shape index (κ2) is 12.1. The van der Waals surface area contributed by atoms with Crippen molar-refractivity contribution >= 4 is 17.3 Å². The normalized spacial score (nSPS) is 14.5. The van der Waals surface area contributed by atoms with Crippen LogP contribution in [-0.4, -0.2) is 39.1 Å². The van der Waals surface area contributed by atoms with Crippen LogP contribution in [0.2, 0.25) is 0 Å². The first-order valence-corrected chi connectivity index (χ1v) is 13.6. The fourth-order valence-corrected chi connectivity index (χ4v) is 5.11. The number of aromatic amines is 1. The lowest BCUT2D eigenvalue weighted by atomic mass is 10.0. The highest BCUT2D eigenvalue weighted by Gasteiger charge is 2.17. The van der Waals surface area contributed by atoms with Gasteiger partial charge in [0.15, 0.2) is 11.4 Å². The van der Waals surface area contributed by atoms with Gasteiger partial charge in [0, 0.05) is 5.56 Å². The molecule has 0 amide bonds. The van der Waals surface area contributed by atoms with Crippen molar-refractivity contribution in [3.8, 4) is 22.6 Å². The minimum atomic E-state index is -1.06. The van der Waals surface area contributed by atoms with Crippen LogP contribution in [0, 0.1) is 6.92 Å². The molecule has 4 N–H and O–H groups in total. The van der Waals surface area contributed by atoms with Crippen LogP contribution in [-0.2, 0) is 12.8 Å². The average Bonchev–Trinajstić information content (AvgIpc) is 3.57. The number of nitrogens with one attached hydrogen (secondary N) is 2. The fraction of sp³-hybridized carbons (Fsp3) is 0.290. The van der Waals surface area contributed by atoms with Crippen molar-refractivity contribution in [3.05, 3.63) is 93.4 Å². The number of phenolic OH excluding ortho intramolecular Hbond substituents is 1. The number of aromatic nitrogens is 2. The summed E-state index contributed by atoms with van der Waals surface area (Å²) < 4.78 is 1.45. The first kappa shape index (κ1) is 27.1. The van der Waals surface area contributed by atoms with Gasteiger partial charge in [0.25, 0.3) is 5.56 Å². The number of aromatic carboxylic acids is 1. The van der Waals surface area contributed by atoms with Crippen LogP contribution in [0.5, 0.6) is 5.75 Å². The highest BCUT2D eigenvalue weighted by atomic mass is 16.4. The number of hydrogen-bond acceptors (Lipinski definition) is 6. The lowest BCUT2D eigenvalue weighted by molar-refractivity contribution is 0.0697. The Morgan fingerprint density at radius 3 is 2.40 bits per heavy atom. The van der Waals surface area contributed by atoms with E-state index < -0.39 is 5.97 Å². The number of hydrogen-bond donors (Lipinski definition) is 4. The van der Waals surface area contributed by atoms with Gasteiger partial charge in [0.2, 0.25) is 0 Å². The summed E-state index contributed by atoms with van der Waals surface area (Å²) in [4.78, 5) is 24.3. The van der Waals surface area contributed by atoms with Gasteiger partial charge in [0.1, 0.15) is 5.69 Å². The highest BCUT2D eigenvalue weighted by molar-refractivity contribution is 5.90. The van der Waals surface area contributed by atoms with Gasteiger partial charge < -0.3 is 15.5 Å². The van der Waals surface area contributed by atoms with E-state index in [0.717, 1.165) is 24.9 Å². The summed E-state index contributed by atoms with van der Waals surface area (Å²) in [5.74, 6) is -1.21. The van der Waals surface area contributed by atoms with Crippen LogP contribution in [0.25, 0.3) is 16.8 Å². The standard InChI is InChI=1S/C26H22N4O4.C5H11N/c1-15-23(25(32)30(29-15)20-12-11-16-5-2-6-17(16)14-20)28-27-22-10-4-9-21(24(22)31)18-7-3-8-19(13-18)26(33)34;1-2-4-6-5-3-1/h3-4,7-14,29,31H,2,5-6H2,1H3,(H,33,34);6H,1-5H2. The number of carboxylic acids is 1. The number of fused-ring (bicyclic) bond motifs is 1. The number of aromatic hydroxyl groups is 1. The summed E-state index contributed by atoms with van der Waals surface area (Å²) in [6.07, 6.45) is 7.42. The molecule has 1 aliphatic carbocycles. The molecule has 40 heavy (non-hydrogen) atoms. The Balaban J connectivity index is 0.000000477. The third-order valence-electron chi connectivity index (χ3n) is 7.28. The lowest BCUT2D eigenvalue weighted by Gasteiger charge is -2.08. The Morgan fingerprint density at radius 2 is 1.68 bits per heavy atom. The molecule has 1 fully saturated rings. The Hall–Kier alpha value is -4.50. The molecule has 2 aliphatic rings. The van der Waals surface area contributed by atoms with Gasteiger partial charge in [-0.2, -0.15) is 0 Å². The predicted octanol–water partition coefficient (Wildman–Crippen LogP) is 6.21. The molecule has 9 heteroatoms. The molecular formula is C31H33N5O4. The minimum absolute atomic E-state index is 0.110. The zero-order chi connectivity index (χ0) is 28.1. The molecule has 0 spiro atoms. The Morgan fingerprint density at radius 1 is 0.900 bits per heavy atom. The first-order valence-electron chi connectivity index (χ1n) is 13.6. The van der Waals surface area contributed by atoms with Gasteiger partial charge >= 0.3 is 5.97 Å². The summed E-state index contributed by atoms with van der Waals surface area (Å²) in [5, 5.41) is 34.6. The number of aryl methyl sites for hydroxylation is 3. The molecule has 1 aliphatic heterocycles. The minimum Gasteiger partial charge on any atom is -0.505 e. The number of carboxylic acid groups (broad SMARTS) is 1. The molecular weight excluding hydrogens is 506 g/mol. The number of H-pyrrole nitrogens is 1. The Kier molecular flexibility index (Phi) is 8.21. The van der Waals surface area contributed by atoms with Gasteiger partial charge in [-0.05, 0) is 99.1 Å². The molecule has 9 nitrogen and oxygen atoms in total. The van der Waals surface area contributed by atoms with Crippen LogP contribution in [0.4, 0.5) is 11.4 Å². The number of piperidine rings is 1. The second-order valence-electron chi connectivity index (χ2n) is 10.1. The molecule has 3 aromatic carbocycles. The number of nitrogens with zero attached hydrogens (tertiary/aromatic N) is 3. The van der Waals surface area contributed by atoms with E-state index in [-0.39, 0.29) is 28.2 Å². The van der Waals surface area contributed by atoms with Crippen molar-refractivity contribution in [1.82, 2.24) is 15.1 Å². The number of phenols is 1. The van der Waals surface area contributed by atoms with E-state index in [1.165, 1.54) is 60.3 Å². The van der Waals surface area contributed by atoms with Crippen LogP contribution in [0.1, 0.15) is 52.9 Å². The van der Waals surface area contributed by atoms with Crippen molar-refractivity contribution < 1.29 is 15.0 Å². The van der Waals surface area contributed by atoms with Crippen molar-refractivity contribution in [2.45, 2.75) is 45.4 Å². The summed E-state index contributed by atoms with van der Waals surface area (Å²) >= 11 is 0. The summed E-state index contributed by atoms with van der Waals surface area (Å²) in [7, 11) is 0. The number of carbonyl (C=O) groups is 1. The van der Waals surface area contributed by atoms with E-state index in [4.69, 9.17) is 0 Å². The molecule has 1 saturated heterocycles. The number of benzene rings is 3. The second-order valence-corrected chi connectivity index (χ2v) is 10.1. The molecule has 0 atom stereocenters. The maximum Gasteiger partial charge on any atom is 0.335 e. The summed E-state index contributed by atoms with van der Waals surface area (Å²) in [6, 6.07) is 17.2. The van der Waals surface area contributed by atoms with E-state index in [9.17, 15) is 19.8 Å². The average molecular weight is 540 g/mol. The van der Waals surface area contributed by atoms with Gasteiger partial charge in [-0.3, -0.25) is 9.89 Å². The van der Waals surface area contributed by atoms with E-state index in [0.29, 0.717) is 16.8 Å². The molecule has 2 heterocycles. The van der Waals surface area contributed by atoms with Crippen molar-refractivity contribution in [3.63, 3.8) is 0 Å². The Labute approximate surface area is 232 Å². The molecule has 206 valence electrons. The smallest absolute Gasteiger partial charge is 0.335 e. The van der Waals surface area contributed by atoms with Crippen molar-refractivity contribution in [2.75, 3.05) is 13.1 Å². The molecule has 0 saturated carbocycles. The molecule has 0 bridgehead atoms. The van der Waals surface area contributed by atoms with Crippen molar-refractivity contribution in [1.29, 1.82) is 0 Å². The molecule has 0 unspecified atom stereocenters. The van der Waals surface area contributed by atoms with E-state index in [2.05, 4.69) is 26.7 Å². The zero-order valence-electron chi connectivity index (χ0n) is 22.5. The molecule has 0 radical (unpaired) electrons. The molecule has 1 aromatic heterocycles. The maximum absolute atomic E-state index is 13.0. The number of rotatable bonds is 5. The van der Waals surface area contributed by atoms with Gasteiger partial charge in [-0.25, -0.2) is 9.48 Å². The maximum atomic E-state index is 13.0. The van der Waals surface area contributed by atoms with Crippen molar-refractivity contribution in [2.24, 2.45) is 10.2 Å². The van der Waals surface area contributed by atoms with Crippen LogP contribution < -0.4 is 10.9 Å². The quantitative estimate of drug-likeness (QED) is 0.224. The third-order valence-corrected chi connectivity index (χ3v) is 7.28. The SMILES string of the molecule is C1CCNCC1.Cc1[nH]n(-c2ccc3c(c2)CCC3)c(=O)c1N=Nc1cccc(-c2cccc(C(=O)O)c2)c1O. The number of para-hydroxylation sites is 1.